The van der Waals surface area contributed by atoms with Gasteiger partial charge in [-0.3, -0.25) is 9.98 Å². The van der Waals surface area contributed by atoms with Gasteiger partial charge in [0, 0.05) is 5.69 Å². The van der Waals surface area contributed by atoms with E-state index in [-0.39, 0.29) is 11.3 Å². The molecule has 0 aromatic heterocycles. The van der Waals surface area contributed by atoms with Crippen molar-refractivity contribution >= 4 is 11.7 Å². The number of nitrogen functional groups attached to an aromatic ring is 1. The summed E-state index contributed by atoms with van der Waals surface area (Å²) in [4.78, 5) is 18.7. The predicted molar refractivity (Wildman–Crippen MR) is 49.4 cm³/mol. The van der Waals surface area contributed by atoms with Crippen LogP contribution in [0.25, 0.3) is 0 Å². The quantitative estimate of drug-likeness (QED) is 0.471. The molecule has 0 bridgehead atoms. The topological polar surface area (TPSA) is 77.0 Å². The van der Waals surface area contributed by atoms with Gasteiger partial charge in [0.15, 0.2) is 0 Å². The Labute approximate surface area is 82.7 Å². The number of anilines is 1. The van der Waals surface area contributed by atoms with Crippen LogP contribution in [0.4, 0.5) is 5.69 Å². The minimum Gasteiger partial charge on any atom is -0.465 e. The van der Waals surface area contributed by atoms with Crippen LogP contribution < -0.4 is 16.4 Å². The lowest BCUT2D eigenvalue weighted by molar-refractivity contribution is 0.0602. The largest absolute Gasteiger partial charge is 0.465 e. The second-order valence-electron chi connectivity index (χ2n) is 2.74. The third-order valence-corrected chi connectivity index (χ3v) is 1.89. The number of rotatable bonds is 1. The van der Waals surface area contributed by atoms with Crippen molar-refractivity contribution in [2.24, 2.45) is 9.98 Å². The molecule has 1 heterocycles. The van der Waals surface area contributed by atoms with Crippen molar-refractivity contribution in [2.45, 2.75) is 0 Å². The monoisotopic (exact) mass is 193 g/mol. The fourth-order valence-corrected chi connectivity index (χ4v) is 1.19. The Morgan fingerprint density at radius 2 is 2.21 bits per heavy atom. The maximum absolute atomic E-state index is 11.3. The minimum atomic E-state index is -1.98. The van der Waals surface area contributed by atoms with Gasteiger partial charge >= 0.3 is 5.97 Å². The van der Waals surface area contributed by atoms with Gasteiger partial charge in [0.05, 0.1) is 26.1 Å². The van der Waals surface area contributed by atoms with Crippen LogP contribution in [0.5, 0.6) is 0 Å². The van der Waals surface area contributed by atoms with Crippen molar-refractivity contribution in [3.05, 3.63) is 28.4 Å². The molecule has 0 unspecified atom stereocenters. The van der Waals surface area contributed by atoms with Gasteiger partial charge < -0.3 is 10.5 Å². The predicted octanol–water partition coefficient (Wildman–Crippen LogP) is -0.734. The first-order valence-corrected chi connectivity index (χ1v) is 3.90. The first kappa shape index (κ1) is 6.53. The first-order valence-electron chi connectivity index (χ1n) is 4.90. The van der Waals surface area contributed by atoms with Crippen LogP contribution in [0, 0.1) is 0 Å². The highest BCUT2D eigenvalue weighted by atomic mass is 16.5. The summed E-state index contributed by atoms with van der Waals surface area (Å²) in [6, 6.07) is 2.79. The third-order valence-electron chi connectivity index (χ3n) is 1.89. The summed E-state index contributed by atoms with van der Waals surface area (Å²) in [5.74, 6) is -0.581. The maximum atomic E-state index is 11.3. The van der Waals surface area contributed by atoms with Crippen LogP contribution in [0.15, 0.2) is 22.1 Å². The molecule has 0 saturated carbocycles. The molecule has 2 N–H and O–H groups in total. The van der Waals surface area contributed by atoms with Crippen LogP contribution in [-0.2, 0) is 4.74 Å². The van der Waals surface area contributed by atoms with Crippen LogP contribution in [0.3, 0.4) is 0 Å². The van der Waals surface area contributed by atoms with Gasteiger partial charge in [-0.2, -0.15) is 0 Å². The molecular formula is C9H9N3O2. The molecule has 0 fully saturated rings. The number of ether oxygens (including phenoxy) is 1. The van der Waals surface area contributed by atoms with E-state index in [2.05, 4.69) is 14.7 Å². The molecule has 14 heavy (non-hydrogen) atoms. The number of carbonyl (C=O) groups is 1. The zero-order chi connectivity index (χ0) is 11.9. The molecule has 0 spiro atoms. The molecule has 72 valence electrons. The summed E-state index contributed by atoms with van der Waals surface area (Å²) in [6.45, 7) is -1.98. The summed E-state index contributed by atoms with van der Waals surface area (Å²) in [6.07, 6.45) is 0. The fraction of sp³-hybridized carbons (Fsp3) is 0.222. The van der Waals surface area contributed by atoms with Gasteiger partial charge in [0.25, 0.3) is 0 Å². The number of methoxy groups -OCH3 is 1. The Hall–Kier alpha value is -1.91. The average Bonchev–Trinajstić information content (AvgIpc) is 2.48. The molecule has 5 heteroatoms. The Morgan fingerprint density at radius 1 is 1.57 bits per heavy atom. The summed E-state index contributed by atoms with van der Waals surface area (Å²) in [5.41, 5.74) is 5.99. The van der Waals surface area contributed by atoms with Crippen LogP contribution in [-0.4, -0.2) is 19.7 Å². The second kappa shape index (κ2) is 3.10. The second-order valence-corrected chi connectivity index (χ2v) is 2.74. The lowest BCUT2D eigenvalue weighted by Crippen LogP contribution is -2.25. The van der Waals surface area contributed by atoms with Gasteiger partial charge in [-0.15, -0.1) is 0 Å². The summed E-state index contributed by atoms with van der Waals surface area (Å²) in [5, 5.41) is 0.648. The molecule has 2 rings (SSSR count). The van der Waals surface area contributed by atoms with Crippen molar-refractivity contribution < 1.29 is 12.3 Å². The standard InChI is InChI=1S/C9H9N3O2/c1-14-9(13)5-2-7-8(3-6(5)10)12-4-11-7/h2-3H,4,10H2,1H3/i4D2. The third kappa shape index (κ3) is 1.22. The maximum Gasteiger partial charge on any atom is 0.340 e. The van der Waals surface area contributed by atoms with Gasteiger partial charge in [0.1, 0.15) is 6.62 Å². The zero-order valence-corrected chi connectivity index (χ0v) is 7.44. The van der Waals surface area contributed by atoms with E-state index >= 15 is 0 Å². The molecule has 1 aliphatic rings. The lowest BCUT2D eigenvalue weighted by atomic mass is 10.1. The zero-order valence-electron chi connectivity index (χ0n) is 9.44. The average molecular weight is 193 g/mol. The van der Waals surface area contributed by atoms with Gasteiger partial charge in [0.2, 0.25) is 0 Å². The van der Waals surface area contributed by atoms with E-state index in [1.807, 2.05) is 0 Å². The molecule has 5 nitrogen and oxygen atoms in total. The van der Waals surface area contributed by atoms with Crippen molar-refractivity contribution in [2.75, 3.05) is 19.5 Å². The first-order chi connectivity index (χ1) is 7.43. The summed E-state index contributed by atoms with van der Waals surface area (Å²) in [7, 11) is 1.25. The SMILES string of the molecule is [2H]C1([2H])N=c2cc(N)c(C(=O)OC)cc2=N1. The van der Waals surface area contributed by atoms with E-state index in [4.69, 9.17) is 8.48 Å². The van der Waals surface area contributed by atoms with Crippen LogP contribution >= 0.6 is 0 Å². The molecule has 0 atom stereocenters. The van der Waals surface area contributed by atoms with Crippen LogP contribution in [0.2, 0.25) is 0 Å². The molecule has 0 radical (unpaired) electrons. The molecule has 0 aliphatic carbocycles. The Morgan fingerprint density at radius 3 is 2.86 bits per heavy atom. The number of nitrogens with zero attached hydrogens (tertiary/aromatic N) is 2. The molecule has 0 saturated heterocycles. The highest BCUT2D eigenvalue weighted by Gasteiger charge is 2.11. The van der Waals surface area contributed by atoms with Crippen molar-refractivity contribution in [3.63, 3.8) is 0 Å². The smallest absolute Gasteiger partial charge is 0.340 e. The highest BCUT2D eigenvalue weighted by Crippen LogP contribution is 2.07. The van der Waals surface area contributed by atoms with E-state index in [0.29, 0.717) is 10.7 Å². The summed E-state index contributed by atoms with van der Waals surface area (Å²) < 4.78 is 19.2. The van der Waals surface area contributed by atoms with Crippen molar-refractivity contribution in [1.82, 2.24) is 0 Å². The molecule has 1 aromatic carbocycles. The molecule has 1 aliphatic heterocycles. The lowest BCUT2D eigenvalue weighted by Gasteiger charge is -2.01. The number of hydrogen-bond donors (Lipinski definition) is 1. The molecule has 0 amide bonds. The van der Waals surface area contributed by atoms with E-state index < -0.39 is 12.6 Å². The van der Waals surface area contributed by atoms with Crippen molar-refractivity contribution in [3.8, 4) is 0 Å². The van der Waals surface area contributed by atoms with E-state index in [1.165, 1.54) is 19.2 Å². The Bertz CT molecular complexity index is 583. The van der Waals surface area contributed by atoms with Crippen LogP contribution in [0.1, 0.15) is 13.1 Å². The minimum absolute atomic E-state index is 0.165. The number of carbonyl (C=O) groups excluding carboxylic acids is 1. The van der Waals surface area contributed by atoms with E-state index in [1.54, 1.807) is 0 Å². The Balaban J connectivity index is 2.67. The van der Waals surface area contributed by atoms with Crippen molar-refractivity contribution in [1.29, 1.82) is 0 Å². The number of esters is 1. The fourth-order valence-electron chi connectivity index (χ4n) is 1.19. The number of nitrogens with two attached hydrogens (primary N) is 1. The van der Waals surface area contributed by atoms with E-state index in [0.717, 1.165) is 0 Å². The number of benzene rings is 1. The number of fused-ring (bicyclic) bond motifs is 1. The number of hydrogen-bond acceptors (Lipinski definition) is 5. The molecule has 1 aromatic rings. The Kier molecular flexibility index (Phi) is 1.45. The van der Waals surface area contributed by atoms with Gasteiger partial charge in [-0.05, 0) is 12.1 Å². The van der Waals surface area contributed by atoms with E-state index in [9.17, 15) is 4.79 Å². The molecular weight excluding hydrogens is 182 g/mol. The van der Waals surface area contributed by atoms with Gasteiger partial charge in [-0.1, -0.05) is 0 Å². The highest BCUT2D eigenvalue weighted by molar-refractivity contribution is 5.94. The van der Waals surface area contributed by atoms with Gasteiger partial charge in [-0.25, -0.2) is 4.79 Å². The summed E-state index contributed by atoms with van der Waals surface area (Å²) >= 11 is 0. The normalized spacial score (nSPS) is 18.4.